The molecule has 0 amide bonds. The highest BCUT2D eigenvalue weighted by Gasteiger charge is 2.03. The van der Waals surface area contributed by atoms with Crippen molar-refractivity contribution in [2.45, 2.75) is 13.5 Å². The second-order valence-corrected chi connectivity index (χ2v) is 5.41. The SMILES string of the molecule is Cc1nc(Cl)cc(NCc2sccc2Br)n1. The highest BCUT2D eigenvalue weighted by Crippen LogP contribution is 2.23. The van der Waals surface area contributed by atoms with Crippen LogP contribution < -0.4 is 5.32 Å². The number of hydrogen-bond donors (Lipinski definition) is 1. The molecular weight excluding hydrogens is 310 g/mol. The first-order valence-electron chi connectivity index (χ1n) is 4.62. The molecule has 0 aliphatic carbocycles. The number of halogens is 2. The highest BCUT2D eigenvalue weighted by atomic mass is 79.9. The number of anilines is 1. The molecule has 2 rings (SSSR count). The van der Waals surface area contributed by atoms with Crippen LogP contribution in [0.5, 0.6) is 0 Å². The normalized spacial score (nSPS) is 10.4. The summed E-state index contributed by atoms with van der Waals surface area (Å²) in [6.45, 7) is 2.54. The third kappa shape index (κ3) is 2.93. The largest absolute Gasteiger partial charge is 0.365 e. The summed E-state index contributed by atoms with van der Waals surface area (Å²) in [5, 5.41) is 5.71. The fourth-order valence-electron chi connectivity index (χ4n) is 1.24. The van der Waals surface area contributed by atoms with Crippen molar-refractivity contribution in [1.29, 1.82) is 0 Å². The Morgan fingerprint density at radius 2 is 2.31 bits per heavy atom. The summed E-state index contributed by atoms with van der Waals surface area (Å²) in [5.41, 5.74) is 0. The molecule has 0 saturated heterocycles. The lowest BCUT2D eigenvalue weighted by molar-refractivity contribution is 1.03. The molecule has 84 valence electrons. The Labute approximate surface area is 111 Å². The van der Waals surface area contributed by atoms with Gasteiger partial charge < -0.3 is 5.32 Å². The highest BCUT2D eigenvalue weighted by molar-refractivity contribution is 9.10. The molecule has 16 heavy (non-hydrogen) atoms. The van der Waals surface area contributed by atoms with Crippen LogP contribution in [0.25, 0.3) is 0 Å². The minimum atomic E-state index is 0.459. The molecule has 2 heterocycles. The van der Waals surface area contributed by atoms with E-state index < -0.39 is 0 Å². The van der Waals surface area contributed by atoms with E-state index in [9.17, 15) is 0 Å². The summed E-state index contributed by atoms with van der Waals surface area (Å²) >= 11 is 11.0. The van der Waals surface area contributed by atoms with Crippen LogP contribution in [0.1, 0.15) is 10.7 Å². The molecule has 0 bridgehead atoms. The molecule has 0 radical (unpaired) electrons. The van der Waals surface area contributed by atoms with Crippen molar-refractivity contribution < 1.29 is 0 Å². The zero-order valence-corrected chi connectivity index (χ0v) is 11.7. The van der Waals surface area contributed by atoms with Gasteiger partial charge in [0.15, 0.2) is 0 Å². The van der Waals surface area contributed by atoms with Crippen LogP contribution in [-0.4, -0.2) is 9.97 Å². The third-order valence-electron chi connectivity index (χ3n) is 1.93. The van der Waals surface area contributed by atoms with E-state index in [2.05, 4.69) is 31.2 Å². The number of aryl methyl sites for hydroxylation is 1. The van der Waals surface area contributed by atoms with Gasteiger partial charge in [-0.05, 0) is 34.3 Å². The lowest BCUT2D eigenvalue weighted by Crippen LogP contribution is -2.02. The monoisotopic (exact) mass is 317 g/mol. The molecule has 0 aromatic carbocycles. The predicted molar refractivity (Wildman–Crippen MR) is 71.1 cm³/mol. The first-order chi connectivity index (χ1) is 7.65. The zero-order chi connectivity index (χ0) is 11.5. The van der Waals surface area contributed by atoms with Crippen LogP contribution in [0.4, 0.5) is 5.82 Å². The molecule has 0 fully saturated rings. The Morgan fingerprint density at radius 1 is 1.50 bits per heavy atom. The van der Waals surface area contributed by atoms with Gasteiger partial charge in [-0.1, -0.05) is 11.6 Å². The average Bonchev–Trinajstić information content (AvgIpc) is 2.59. The Morgan fingerprint density at radius 3 is 2.94 bits per heavy atom. The van der Waals surface area contributed by atoms with Crippen molar-refractivity contribution >= 4 is 44.7 Å². The molecule has 0 saturated carbocycles. The quantitative estimate of drug-likeness (QED) is 0.873. The smallest absolute Gasteiger partial charge is 0.134 e. The van der Waals surface area contributed by atoms with Gasteiger partial charge in [-0.2, -0.15) is 0 Å². The van der Waals surface area contributed by atoms with Crippen molar-refractivity contribution in [2.24, 2.45) is 0 Å². The van der Waals surface area contributed by atoms with Gasteiger partial charge in [0.25, 0.3) is 0 Å². The maximum atomic E-state index is 5.84. The molecule has 1 N–H and O–H groups in total. The van der Waals surface area contributed by atoms with Crippen LogP contribution in [0.2, 0.25) is 5.15 Å². The lowest BCUT2D eigenvalue weighted by Gasteiger charge is -2.05. The lowest BCUT2D eigenvalue weighted by atomic mass is 10.4. The van der Waals surface area contributed by atoms with E-state index in [1.807, 2.05) is 18.4 Å². The van der Waals surface area contributed by atoms with Gasteiger partial charge in [0, 0.05) is 15.4 Å². The molecule has 0 unspecified atom stereocenters. The predicted octanol–water partition coefficient (Wildman–Crippen LogP) is 3.87. The van der Waals surface area contributed by atoms with E-state index in [1.165, 1.54) is 4.88 Å². The Hall–Kier alpha value is -0.650. The molecule has 2 aromatic heterocycles. The summed E-state index contributed by atoms with van der Waals surface area (Å²) in [7, 11) is 0. The number of thiophene rings is 1. The molecule has 0 atom stereocenters. The maximum Gasteiger partial charge on any atom is 0.134 e. The fraction of sp³-hybridized carbons (Fsp3) is 0.200. The number of nitrogens with zero attached hydrogens (tertiary/aromatic N) is 2. The van der Waals surface area contributed by atoms with E-state index in [-0.39, 0.29) is 0 Å². The van der Waals surface area contributed by atoms with Gasteiger partial charge >= 0.3 is 0 Å². The number of nitrogens with one attached hydrogen (secondary N) is 1. The third-order valence-corrected chi connectivity index (χ3v) is 4.05. The van der Waals surface area contributed by atoms with Crippen LogP contribution in [-0.2, 0) is 6.54 Å². The molecule has 0 aliphatic rings. The number of aromatic nitrogens is 2. The van der Waals surface area contributed by atoms with Crippen molar-refractivity contribution in [1.82, 2.24) is 9.97 Å². The van der Waals surface area contributed by atoms with Crippen molar-refractivity contribution in [2.75, 3.05) is 5.32 Å². The number of rotatable bonds is 3. The van der Waals surface area contributed by atoms with Crippen molar-refractivity contribution in [3.63, 3.8) is 0 Å². The van der Waals surface area contributed by atoms with E-state index >= 15 is 0 Å². The van der Waals surface area contributed by atoms with Crippen LogP contribution >= 0.6 is 38.9 Å². The van der Waals surface area contributed by atoms with Gasteiger partial charge in [0.2, 0.25) is 0 Å². The van der Waals surface area contributed by atoms with Crippen LogP contribution in [0, 0.1) is 6.92 Å². The minimum Gasteiger partial charge on any atom is -0.365 e. The van der Waals surface area contributed by atoms with Crippen molar-refractivity contribution in [3.05, 3.63) is 37.8 Å². The van der Waals surface area contributed by atoms with E-state index in [4.69, 9.17) is 11.6 Å². The van der Waals surface area contributed by atoms with Gasteiger partial charge in [-0.25, -0.2) is 9.97 Å². The summed E-state index contributed by atoms with van der Waals surface area (Å²) in [5.74, 6) is 1.41. The Balaban J connectivity index is 2.07. The van der Waals surface area contributed by atoms with Gasteiger partial charge in [0.05, 0.1) is 6.54 Å². The zero-order valence-electron chi connectivity index (χ0n) is 8.50. The second-order valence-electron chi connectivity index (χ2n) is 3.17. The average molecular weight is 319 g/mol. The first-order valence-corrected chi connectivity index (χ1v) is 6.67. The topological polar surface area (TPSA) is 37.8 Å². The van der Waals surface area contributed by atoms with E-state index in [0.29, 0.717) is 11.0 Å². The van der Waals surface area contributed by atoms with Crippen LogP contribution in [0.15, 0.2) is 22.0 Å². The maximum absolute atomic E-state index is 5.84. The van der Waals surface area contributed by atoms with E-state index in [1.54, 1.807) is 17.4 Å². The summed E-state index contributed by atoms with van der Waals surface area (Å²) < 4.78 is 1.11. The van der Waals surface area contributed by atoms with Crippen LogP contribution in [0.3, 0.4) is 0 Å². The summed E-state index contributed by atoms with van der Waals surface area (Å²) in [4.78, 5) is 9.48. The van der Waals surface area contributed by atoms with Gasteiger partial charge in [-0.3, -0.25) is 0 Å². The molecule has 3 nitrogen and oxygen atoms in total. The fourth-order valence-corrected chi connectivity index (χ4v) is 2.90. The molecule has 0 aliphatic heterocycles. The molecule has 2 aromatic rings. The van der Waals surface area contributed by atoms with Gasteiger partial charge in [-0.15, -0.1) is 11.3 Å². The summed E-state index contributed by atoms with van der Waals surface area (Å²) in [6, 6.07) is 3.75. The molecule has 6 heteroatoms. The van der Waals surface area contributed by atoms with Crippen molar-refractivity contribution in [3.8, 4) is 0 Å². The first kappa shape index (κ1) is 11.8. The molecular formula is C10H9BrClN3S. The number of hydrogen-bond acceptors (Lipinski definition) is 4. The standard InChI is InChI=1S/C10H9BrClN3S/c1-6-14-9(12)4-10(15-6)13-5-8-7(11)2-3-16-8/h2-4H,5H2,1H3,(H,13,14,15). The minimum absolute atomic E-state index is 0.459. The van der Waals surface area contributed by atoms with Gasteiger partial charge in [0.1, 0.15) is 16.8 Å². The Bertz CT molecular complexity index is 480. The van der Waals surface area contributed by atoms with E-state index in [0.717, 1.165) is 16.8 Å². The second kappa shape index (κ2) is 5.12. The molecule has 0 spiro atoms. The Kier molecular flexibility index (Phi) is 3.78. The summed E-state index contributed by atoms with van der Waals surface area (Å²) in [6.07, 6.45) is 0.